The normalized spacial score (nSPS) is 14.6. The van der Waals surface area contributed by atoms with Gasteiger partial charge in [0.2, 0.25) is 11.6 Å². The Balaban J connectivity index is 1.51. The summed E-state index contributed by atoms with van der Waals surface area (Å²) in [7, 11) is 0. The molecule has 0 saturated carbocycles. The number of fused-ring (bicyclic) bond motifs is 4. The lowest BCUT2D eigenvalue weighted by Crippen LogP contribution is -2.15. The van der Waals surface area contributed by atoms with Crippen LogP contribution < -0.4 is 0 Å². The first-order chi connectivity index (χ1) is 17.4. The fourth-order valence-corrected chi connectivity index (χ4v) is 6.26. The van der Waals surface area contributed by atoms with Gasteiger partial charge in [0.05, 0.1) is 4.91 Å². The third kappa shape index (κ3) is 4.76. The molecule has 1 aliphatic rings. The second kappa shape index (κ2) is 10.2. The first kappa shape index (κ1) is 24.2. The van der Waals surface area contributed by atoms with Crippen LogP contribution in [0.4, 0.5) is 0 Å². The van der Waals surface area contributed by atoms with Crippen LogP contribution in [0.25, 0.3) is 26.2 Å². The van der Waals surface area contributed by atoms with Gasteiger partial charge in [-0.1, -0.05) is 48.5 Å². The molecular formula is C29H23NO4S2. The Hall–Kier alpha value is -3.55. The number of allylic oxidation sites excluding steroid dienone is 1. The van der Waals surface area contributed by atoms with Gasteiger partial charge in [0, 0.05) is 43.1 Å². The van der Waals surface area contributed by atoms with Gasteiger partial charge in [-0.3, -0.25) is 9.59 Å². The fraction of sp³-hybridized carbons (Fsp3) is 0.172. The molecule has 2 heterocycles. The van der Waals surface area contributed by atoms with E-state index < -0.39 is 5.97 Å². The van der Waals surface area contributed by atoms with E-state index in [1.807, 2.05) is 55.5 Å². The predicted molar refractivity (Wildman–Crippen MR) is 147 cm³/mol. The van der Waals surface area contributed by atoms with Crippen molar-refractivity contribution in [3.63, 3.8) is 0 Å². The molecule has 0 saturated heterocycles. The largest absolute Gasteiger partial charge is 0.331 e. The van der Waals surface area contributed by atoms with Crippen LogP contribution in [0.2, 0.25) is 0 Å². The third-order valence-corrected chi connectivity index (χ3v) is 8.19. The molecule has 1 aromatic heterocycles. The topological polar surface area (TPSA) is 72.8 Å². The van der Waals surface area contributed by atoms with E-state index in [1.54, 1.807) is 17.4 Å². The number of carbonyl (C=O) groups excluding carboxylic acids is 3. The molecule has 0 spiro atoms. The van der Waals surface area contributed by atoms with E-state index in [9.17, 15) is 14.4 Å². The summed E-state index contributed by atoms with van der Waals surface area (Å²) in [4.78, 5) is 43.8. The maximum atomic E-state index is 13.2. The highest BCUT2D eigenvalue weighted by Crippen LogP contribution is 2.41. The molecule has 36 heavy (non-hydrogen) atoms. The highest BCUT2D eigenvalue weighted by Gasteiger charge is 2.25. The van der Waals surface area contributed by atoms with Crippen LogP contribution in [-0.2, 0) is 9.63 Å². The van der Waals surface area contributed by atoms with Gasteiger partial charge >= 0.3 is 5.97 Å². The number of benzene rings is 3. The number of thiophene rings is 1. The van der Waals surface area contributed by atoms with Gasteiger partial charge in [-0.05, 0) is 66.9 Å². The Morgan fingerprint density at radius 1 is 1.00 bits per heavy atom. The number of nitrogens with zero attached hydrogens (tertiary/aromatic N) is 1. The molecule has 7 heteroatoms. The fourth-order valence-electron chi connectivity index (χ4n) is 4.14. The zero-order valence-electron chi connectivity index (χ0n) is 19.9. The number of thioether (sulfide) groups is 1. The van der Waals surface area contributed by atoms with E-state index in [2.05, 4.69) is 17.3 Å². The first-order valence-electron chi connectivity index (χ1n) is 11.7. The average molecular weight is 514 g/mol. The highest BCUT2D eigenvalue weighted by molar-refractivity contribution is 8.04. The molecule has 5 rings (SSSR count). The Bertz CT molecular complexity index is 1600. The molecule has 1 aliphatic heterocycles. The number of rotatable bonds is 7. The Labute approximate surface area is 216 Å². The number of carbonyl (C=O) groups is 3. The summed E-state index contributed by atoms with van der Waals surface area (Å²) >= 11 is 3.15. The average Bonchev–Trinajstić information content (AvgIpc) is 3.40. The van der Waals surface area contributed by atoms with Crippen LogP contribution >= 0.6 is 23.1 Å². The highest BCUT2D eigenvalue weighted by atomic mass is 32.2. The summed E-state index contributed by atoms with van der Waals surface area (Å²) in [5.41, 5.74) is 2.42. The zero-order chi connectivity index (χ0) is 25.2. The van der Waals surface area contributed by atoms with Crippen LogP contribution in [0.5, 0.6) is 0 Å². The van der Waals surface area contributed by atoms with Crippen LogP contribution in [0.15, 0.2) is 75.6 Å². The Morgan fingerprint density at radius 3 is 2.50 bits per heavy atom. The minimum atomic E-state index is -0.556. The van der Waals surface area contributed by atoms with E-state index in [0.29, 0.717) is 16.9 Å². The lowest BCUT2D eigenvalue weighted by Gasteiger charge is -2.05. The summed E-state index contributed by atoms with van der Waals surface area (Å²) in [6, 6.07) is 19.4. The summed E-state index contributed by atoms with van der Waals surface area (Å²) in [6.45, 7) is 3.29. The molecular weight excluding hydrogens is 490 g/mol. The standard InChI is InChI=1S/C29H23NO4S2/c1-3-4-8-23(30-34-17(2)31)28(32)19-11-13-26-22(16-19)21-14-18(10-12-25(21)35-26)15-27-29(33)20-7-5-6-9-24(20)36-27/h5-7,9-16H,3-4,8H2,1-2H3. The summed E-state index contributed by atoms with van der Waals surface area (Å²) in [5, 5.41) is 5.84. The second-order valence-electron chi connectivity index (χ2n) is 8.56. The molecule has 180 valence electrons. The second-order valence-corrected chi connectivity index (χ2v) is 10.7. The molecule has 0 fully saturated rings. The quantitative estimate of drug-likeness (QED) is 0.0833. The molecule has 0 atom stereocenters. The number of hydrogen-bond acceptors (Lipinski definition) is 7. The molecule has 0 unspecified atom stereocenters. The zero-order valence-corrected chi connectivity index (χ0v) is 21.5. The van der Waals surface area contributed by atoms with Crippen LogP contribution in [0.3, 0.4) is 0 Å². The van der Waals surface area contributed by atoms with Crippen molar-refractivity contribution in [1.82, 2.24) is 0 Å². The van der Waals surface area contributed by atoms with Crippen molar-refractivity contribution >= 4 is 72.6 Å². The molecule has 4 aromatic rings. The van der Waals surface area contributed by atoms with Crippen molar-refractivity contribution in [3.05, 3.63) is 82.3 Å². The van der Waals surface area contributed by atoms with Gasteiger partial charge in [0.15, 0.2) is 0 Å². The SMILES string of the molecule is CCCCC(=NOC(C)=O)C(=O)c1ccc2sc3ccc(C=C4Sc5ccccc5C4=O)cc3c2c1. The van der Waals surface area contributed by atoms with Crippen molar-refractivity contribution in [2.24, 2.45) is 5.16 Å². The van der Waals surface area contributed by atoms with Gasteiger partial charge in [-0.15, -0.1) is 11.3 Å². The van der Waals surface area contributed by atoms with Crippen molar-refractivity contribution in [2.45, 2.75) is 38.0 Å². The lowest BCUT2D eigenvalue weighted by atomic mass is 10.00. The lowest BCUT2D eigenvalue weighted by molar-refractivity contribution is -0.140. The molecule has 5 nitrogen and oxygen atoms in total. The minimum absolute atomic E-state index is 0.0467. The third-order valence-electron chi connectivity index (χ3n) is 5.94. The molecule has 0 bridgehead atoms. The van der Waals surface area contributed by atoms with E-state index in [-0.39, 0.29) is 17.3 Å². The molecule has 0 N–H and O–H groups in total. The maximum absolute atomic E-state index is 13.2. The smallest absolute Gasteiger partial charge is 0.318 e. The molecule has 3 aromatic carbocycles. The van der Waals surface area contributed by atoms with Gasteiger partial charge in [0.25, 0.3) is 0 Å². The van der Waals surface area contributed by atoms with E-state index >= 15 is 0 Å². The summed E-state index contributed by atoms with van der Waals surface area (Å²) < 4.78 is 2.17. The van der Waals surface area contributed by atoms with Crippen molar-refractivity contribution in [1.29, 1.82) is 0 Å². The molecule has 0 aliphatic carbocycles. The van der Waals surface area contributed by atoms with E-state index in [0.717, 1.165) is 49.0 Å². The predicted octanol–water partition coefficient (Wildman–Crippen LogP) is 7.68. The number of Topliss-reactive ketones (excluding diaryl/α,β-unsaturated/α-hetero) is 2. The van der Waals surface area contributed by atoms with Crippen molar-refractivity contribution < 1.29 is 19.2 Å². The Morgan fingerprint density at radius 2 is 1.75 bits per heavy atom. The van der Waals surface area contributed by atoms with Gasteiger partial charge < -0.3 is 4.84 Å². The van der Waals surface area contributed by atoms with Gasteiger partial charge in [-0.2, -0.15) is 0 Å². The summed E-state index contributed by atoms with van der Waals surface area (Å²) in [5.74, 6) is -0.750. The van der Waals surface area contributed by atoms with Crippen LogP contribution in [0.1, 0.15) is 59.4 Å². The van der Waals surface area contributed by atoms with E-state index in [4.69, 9.17) is 4.84 Å². The van der Waals surface area contributed by atoms with Crippen LogP contribution in [-0.4, -0.2) is 23.2 Å². The Kier molecular flexibility index (Phi) is 6.85. The van der Waals surface area contributed by atoms with Crippen molar-refractivity contribution in [2.75, 3.05) is 0 Å². The van der Waals surface area contributed by atoms with Crippen LogP contribution in [0, 0.1) is 0 Å². The van der Waals surface area contributed by atoms with E-state index in [1.165, 1.54) is 18.7 Å². The monoisotopic (exact) mass is 513 g/mol. The summed E-state index contributed by atoms with van der Waals surface area (Å²) in [6.07, 6.45) is 4.04. The number of ketones is 2. The molecule has 0 amide bonds. The minimum Gasteiger partial charge on any atom is -0.318 e. The van der Waals surface area contributed by atoms with Crippen molar-refractivity contribution in [3.8, 4) is 0 Å². The van der Waals surface area contributed by atoms with Gasteiger partial charge in [-0.25, -0.2) is 4.79 Å². The molecule has 0 radical (unpaired) electrons. The number of oxime groups is 1. The number of unbranched alkanes of at least 4 members (excludes halogenated alkanes) is 1. The number of hydrogen-bond donors (Lipinski definition) is 0. The maximum Gasteiger partial charge on any atom is 0.331 e. The first-order valence-corrected chi connectivity index (χ1v) is 13.4. The van der Waals surface area contributed by atoms with Gasteiger partial charge in [0.1, 0.15) is 5.71 Å².